The van der Waals surface area contributed by atoms with E-state index < -0.39 is 4.92 Å². The highest BCUT2D eigenvalue weighted by atomic mass is 16.6. The highest BCUT2D eigenvalue weighted by Crippen LogP contribution is 2.26. The van der Waals surface area contributed by atoms with Gasteiger partial charge in [0, 0.05) is 11.6 Å². The van der Waals surface area contributed by atoms with E-state index in [0.717, 1.165) is 16.5 Å². The lowest BCUT2D eigenvalue weighted by Crippen LogP contribution is -2.07. The van der Waals surface area contributed by atoms with Crippen LogP contribution in [0.5, 0.6) is 0 Å². The quantitative estimate of drug-likeness (QED) is 0.587. The Morgan fingerprint density at radius 1 is 1.33 bits per heavy atom. The zero-order valence-corrected chi connectivity index (χ0v) is 11.4. The second-order valence-corrected chi connectivity index (χ2v) is 4.72. The summed E-state index contributed by atoms with van der Waals surface area (Å²) < 4.78 is 1.45. The molecule has 21 heavy (non-hydrogen) atoms. The predicted octanol–water partition coefficient (Wildman–Crippen LogP) is 2.28. The minimum absolute atomic E-state index is 0.0680. The summed E-state index contributed by atoms with van der Waals surface area (Å²) in [5.74, 6) is 0.0680. The van der Waals surface area contributed by atoms with Crippen LogP contribution < -0.4 is 5.73 Å². The Kier molecular flexibility index (Phi) is 3.02. The van der Waals surface area contributed by atoms with Crippen molar-refractivity contribution in [3.63, 3.8) is 0 Å². The average Bonchev–Trinajstić information content (AvgIpc) is 2.74. The van der Waals surface area contributed by atoms with Gasteiger partial charge in [0.25, 0.3) is 0 Å². The summed E-state index contributed by atoms with van der Waals surface area (Å²) in [7, 11) is 0. The molecule has 0 aliphatic carbocycles. The number of nitro groups is 1. The predicted molar refractivity (Wildman–Crippen MR) is 78.9 cm³/mol. The van der Waals surface area contributed by atoms with Crippen molar-refractivity contribution in [2.24, 2.45) is 0 Å². The van der Waals surface area contributed by atoms with Crippen molar-refractivity contribution in [2.45, 2.75) is 13.5 Å². The Balaban J connectivity index is 2.07. The largest absolute Gasteiger partial charge is 0.378 e. The van der Waals surface area contributed by atoms with Crippen LogP contribution in [0.3, 0.4) is 0 Å². The van der Waals surface area contributed by atoms with Crippen LogP contribution in [-0.2, 0) is 6.54 Å². The van der Waals surface area contributed by atoms with Crippen molar-refractivity contribution in [1.82, 2.24) is 14.8 Å². The van der Waals surface area contributed by atoms with Crippen molar-refractivity contribution < 1.29 is 4.92 Å². The first-order valence-electron chi connectivity index (χ1n) is 6.38. The van der Waals surface area contributed by atoms with E-state index in [1.54, 1.807) is 13.1 Å². The van der Waals surface area contributed by atoms with E-state index in [-0.39, 0.29) is 11.5 Å². The summed E-state index contributed by atoms with van der Waals surface area (Å²) in [6.45, 7) is 1.94. The lowest BCUT2D eigenvalue weighted by molar-refractivity contribution is -0.384. The zero-order valence-electron chi connectivity index (χ0n) is 11.4. The Labute approximate surface area is 120 Å². The Morgan fingerprint density at radius 2 is 2.10 bits per heavy atom. The van der Waals surface area contributed by atoms with Gasteiger partial charge in [0.15, 0.2) is 0 Å². The number of hydrogen-bond acceptors (Lipinski definition) is 5. The van der Waals surface area contributed by atoms with E-state index in [1.165, 1.54) is 4.68 Å². The fraction of sp³-hybridized carbons (Fsp3) is 0.143. The third-order valence-electron chi connectivity index (χ3n) is 3.38. The maximum Gasteiger partial charge on any atom is 0.333 e. The van der Waals surface area contributed by atoms with Crippen molar-refractivity contribution >= 4 is 22.4 Å². The number of nitrogens with zero attached hydrogens (tertiary/aromatic N) is 4. The monoisotopic (exact) mass is 283 g/mol. The van der Waals surface area contributed by atoms with Gasteiger partial charge in [-0.3, -0.25) is 15.1 Å². The molecular weight excluding hydrogens is 270 g/mol. The van der Waals surface area contributed by atoms with Crippen LogP contribution in [0.2, 0.25) is 0 Å². The highest BCUT2D eigenvalue weighted by molar-refractivity contribution is 5.81. The zero-order chi connectivity index (χ0) is 15.0. The van der Waals surface area contributed by atoms with Crippen LogP contribution in [0.1, 0.15) is 11.3 Å². The van der Waals surface area contributed by atoms with Gasteiger partial charge in [-0.2, -0.15) is 5.10 Å². The molecule has 3 rings (SSSR count). The molecule has 2 aromatic heterocycles. The summed E-state index contributed by atoms with van der Waals surface area (Å²) >= 11 is 0. The normalized spacial score (nSPS) is 10.9. The molecule has 0 unspecified atom stereocenters. The second kappa shape index (κ2) is 4.86. The average molecular weight is 283 g/mol. The lowest BCUT2D eigenvalue weighted by atomic mass is 10.1. The summed E-state index contributed by atoms with van der Waals surface area (Å²) in [6.07, 6.45) is 1.71. The van der Waals surface area contributed by atoms with Gasteiger partial charge in [0.1, 0.15) is 5.69 Å². The minimum atomic E-state index is -0.501. The van der Waals surface area contributed by atoms with Crippen molar-refractivity contribution in [3.8, 4) is 0 Å². The summed E-state index contributed by atoms with van der Waals surface area (Å²) in [5, 5.41) is 16.1. The number of hydrogen-bond donors (Lipinski definition) is 1. The maximum atomic E-state index is 11.0. The SMILES string of the molecule is Cc1nn(Cc2ccnc3ccccc23)c(N)c1[N+](=O)[O-]. The van der Waals surface area contributed by atoms with Gasteiger partial charge in [0.05, 0.1) is 17.0 Å². The molecule has 0 aliphatic rings. The van der Waals surface area contributed by atoms with Crippen molar-refractivity contribution in [3.05, 3.63) is 57.9 Å². The first kappa shape index (κ1) is 13.0. The third-order valence-corrected chi connectivity index (χ3v) is 3.38. The Morgan fingerprint density at radius 3 is 2.81 bits per heavy atom. The van der Waals surface area contributed by atoms with E-state index in [1.807, 2.05) is 30.3 Å². The summed E-state index contributed by atoms with van der Waals surface area (Å²) in [5.41, 5.74) is 7.85. The number of nitrogen functional groups attached to an aromatic ring is 1. The molecule has 0 amide bonds. The number of aromatic nitrogens is 3. The van der Waals surface area contributed by atoms with Gasteiger partial charge >= 0.3 is 5.69 Å². The summed E-state index contributed by atoms with van der Waals surface area (Å²) in [4.78, 5) is 14.8. The number of pyridine rings is 1. The standard InChI is InChI=1S/C14H13N5O2/c1-9-13(19(20)21)14(15)18(17-9)8-10-6-7-16-12-5-3-2-4-11(10)12/h2-7H,8,15H2,1H3. The van der Waals surface area contributed by atoms with Gasteiger partial charge < -0.3 is 5.73 Å². The molecule has 0 aliphatic heterocycles. The van der Waals surface area contributed by atoms with Gasteiger partial charge in [-0.25, -0.2) is 4.68 Å². The molecule has 0 fully saturated rings. The van der Waals surface area contributed by atoms with E-state index in [4.69, 9.17) is 5.73 Å². The minimum Gasteiger partial charge on any atom is -0.378 e. The molecule has 0 atom stereocenters. The van der Waals surface area contributed by atoms with Gasteiger partial charge in [-0.1, -0.05) is 18.2 Å². The summed E-state index contributed by atoms with van der Waals surface area (Å²) in [6, 6.07) is 9.58. The van der Waals surface area contributed by atoms with E-state index >= 15 is 0 Å². The number of nitrogens with two attached hydrogens (primary N) is 1. The molecule has 0 radical (unpaired) electrons. The third kappa shape index (κ3) is 2.18. The van der Waals surface area contributed by atoms with Crippen LogP contribution in [0.4, 0.5) is 11.5 Å². The van der Waals surface area contributed by atoms with Crippen LogP contribution in [0.15, 0.2) is 36.5 Å². The number of fused-ring (bicyclic) bond motifs is 1. The smallest absolute Gasteiger partial charge is 0.333 e. The number of aryl methyl sites for hydroxylation is 1. The molecular formula is C14H13N5O2. The van der Waals surface area contributed by atoms with E-state index in [0.29, 0.717) is 12.2 Å². The second-order valence-electron chi connectivity index (χ2n) is 4.72. The van der Waals surface area contributed by atoms with Crippen LogP contribution in [-0.4, -0.2) is 19.7 Å². The molecule has 0 saturated heterocycles. The number of rotatable bonds is 3. The van der Waals surface area contributed by atoms with Gasteiger partial charge in [0.2, 0.25) is 5.82 Å². The molecule has 2 N–H and O–H groups in total. The fourth-order valence-electron chi connectivity index (χ4n) is 2.39. The highest BCUT2D eigenvalue weighted by Gasteiger charge is 2.23. The number of benzene rings is 1. The van der Waals surface area contributed by atoms with Crippen LogP contribution in [0, 0.1) is 17.0 Å². The molecule has 0 spiro atoms. The Hall–Kier alpha value is -2.96. The van der Waals surface area contributed by atoms with Crippen LogP contribution in [0.25, 0.3) is 10.9 Å². The number of para-hydroxylation sites is 1. The molecule has 0 saturated carbocycles. The van der Waals surface area contributed by atoms with Crippen molar-refractivity contribution in [1.29, 1.82) is 0 Å². The van der Waals surface area contributed by atoms with E-state index in [2.05, 4.69) is 10.1 Å². The molecule has 7 nitrogen and oxygen atoms in total. The molecule has 7 heteroatoms. The van der Waals surface area contributed by atoms with Crippen LogP contribution >= 0.6 is 0 Å². The molecule has 106 valence electrons. The molecule has 3 aromatic rings. The topological polar surface area (TPSA) is 99.9 Å². The lowest BCUT2D eigenvalue weighted by Gasteiger charge is -2.07. The van der Waals surface area contributed by atoms with Crippen molar-refractivity contribution in [2.75, 3.05) is 5.73 Å². The van der Waals surface area contributed by atoms with Gasteiger partial charge in [-0.15, -0.1) is 0 Å². The molecule has 0 bridgehead atoms. The first-order valence-corrected chi connectivity index (χ1v) is 6.38. The molecule has 2 heterocycles. The Bertz CT molecular complexity index is 835. The fourth-order valence-corrected chi connectivity index (χ4v) is 2.39. The molecule has 1 aromatic carbocycles. The van der Waals surface area contributed by atoms with E-state index in [9.17, 15) is 10.1 Å². The van der Waals surface area contributed by atoms with Gasteiger partial charge in [-0.05, 0) is 24.6 Å². The maximum absolute atomic E-state index is 11.0. The first-order chi connectivity index (χ1) is 10.1. The number of anilines is 1.